The first-order chi connectivity index (χ1) is 16.5. The Morgan fingerprint density at radius 3 is 2.19 bits per heavy atom. The summed E-state index contributed by atoms with van der Waals surface area (Å²) in [5, 5.41) is 10.5. The van der Waals surface area contributed by atoms with Gasteiger partial charge in [-0.25, -0.2) is 0 Å². The van der Waals surface area contributed by atoms with Gasteiger partial charge in [0, 0.05) is 6.92 Å². The third kappa shape index (κ3) is 3.30. The van der Waals surface area contributed by atoms with Crippen LogP contribution < -0.4 is 0 Å². The van der Waals surface area contributed by atoms with Gasteiger partial charge < -0.3 is 9.84 Å². The number of carboxylic acid groups (broad SMARTS) is 1. The molecular formula is C32H50O4. The van der Waals surface area contributed by atoms with Gasteiger partial charge in [0.15, 0.2) is 0 Å². The van der Waals surface area contributed by atoms with Gasteiger partial charge in [0.2, 0.25) is 0 Å². The molecule has 1 N–H and O–H groups in total. The molecule has 5 rings (SSSR count). The number of esters is 1. The number of fused-ring (bicyclic) bond motifs is 7. The van der Waals surface area contributed by atoms with Crippen molar-refractivity contribution >= 4 is 11.9 Å². The number of ether oxygens (including phenoxy) is 1. The van der Waals surface area contributed by atoms with E-state index in [1.165, 1.54) is 39.0 Å². The third-order valence-corrected chi connectivity index (χ3v) is 13.4. The van der Waals surface area contributed by atoms with Crippen molar-refractivity contribution in [3.8, 4) is 0 Å². The molecule has 4 nitrogen and oxygen atoms in total. The molecule has 9 atom stereocenters. The molecule has 0 spiro atoms. The van der Waals surface area contributed by atoms with Crippen LogP contribution in [0.25, 0.3) is 0 Å². The predicted molar refractivity (Wildman–Crippen MR) is 142 cm³/mol. The summed E-state index contributed by atoms with van der Waals surface area (Å²) < 4.78 is 5.69. The van der Waals surface area contributed by atoms with Crippen molar-refractivity contribution < 1.29 is 19.4 Å². The molecule has 1 unspecified atom stereocenters. The lowest BCUT2D eigenvalue weighted by Gasteiger charge is -2.71. The lowest BCUT2D eigenvalue weighted by Crippen LogP contribution is -2.66. The smallest absolute Gasteiger partial charge is 0.313 e. The Morgan fingerprint density at radius 2 is 1.56 bits per heavy atom. The average Bonchev–Trinajstić information content (AvgIpc) is 2.77. The predicted octanol–water partition coefficient (Wildman–Crippen LogP) is 7.80. The van der Waals surface area contributed by atoms with Gasteiger partial charge in [0.25, 0.3) is 0 Å². The van der Waals surface area contributed by atoms with Crippen molar-refractivity contribution in [2.45, 2.75) is 126 Å². The molecule has 0 radical (unpaired) electrons. The highest BCUT2D eigenvalue weighted by Crippen LogP contribution is 2.75. The van der Waals surface area contributed by atoms with Gasteiger partial charge in [0.05, 0.1) is 0 Å². The molecule has 0 bridgehead atoms. The van der Waals surface area contributed by atoms with Crippen LogP contribution in [0.4, 0.5) is 0 Å². The SMILES string of the molecule is CC(=O)O[C@H]1CC[C@]2(C)C(CC[C@@]3(C)[C@H]2CC=C2[C@@H]4CC(C)(C)CC[C@@]4(C)CC[C@@]23C)[C@]1(C)C(=O)O. The summed E-state index contributed by atoms with van der Waals surface area (Å²) in [6.07, 6.45) is 13.3. The van der Waals surface area contributed by atoms with Gasteiger partial charge >= 0.3 is 11.9 Å². The van der Waals surface area contributed by atoms with Gasteiger partial charge in [-0.05, 0) is 116 Å². The topological polar surface area (TPSA) is 63.6 Å². The third-order valence-electron chi connectivity index (χ3n) is 13.4. The fourth-order valence-corrected chi connectivity index (χ4v) is 10.9. The van der Waals surface area contributed by atoms with Crippen LogP contribution in [-0.4, -0.2) is 23.1 Å². The standard InChI is InChI=1S/C32H50O4/c1-20(33)36-25-12-13-29(5)23-10-9-21-22-19-27(2,3)15-16-28(22,4)17-18-30(21,6)31(23,7)14-11-24(29)32(25,8)26(34)35/h9,22-25H,10-19H2,1-8H3,(H,34,35)/t22-,23-,24?,25-,28-,29-,30-,31-,32-/m0/s1. The van der Waals surface area contributed by atoms with E-state index in [0.717, 1.165) is 25.7 Å². The van der Waals surface area contributed by atoms with E-state index in [2.05, 4.69) is 47.6 Å². The minimum Gasteiger partial charge on any atom is -0.481 e. The van der Waals surface area contributed by atoms with E-state index in [1.54, 1.807) is 5.57 Å². The highest BCUT2D eigenvalue weighted by atomic mass is 16.5. The van der Waals surface area contributed by atoms with Crippen LogP contribution in [0.1, 0.15) is 120 Å². The molecule has 0 amide bonds. The number of rotatable bonds is 2. The fourth-order valence-electron chi connectivity index (χ4n) is 10.9. The second-order valence-electron chi connectivity index (χ2n) is 15.6. The van der Waals surface area contributed by atoms with Gasteiger partial charge in [-0.15, -0.1) is 0 Å². The monoisotopic (exact) mass is 498 g/mol. The first-order valence-corrected chi connectivity index (χ1v) is 14.6. The maximum Gasteiger partial charge on any atom is 0.313 e. The maximum absolute atomic E-state index is 12.8. The molecule has 0 aromatic heterocycles. The van der Waals surface area contributed by atoms with E-state index in [-0.39, 0.29) is 28.1 Å². The molecule has 4 heteroatoms. The van der Waals surface area contributed by atoms with Crippen molar-refractivity contribution in [3.63, 3.8) is 0 Å². The summed E-state index contributed by atoms with van der Waals surface area (Å²) in [5.74, 6) is -0.0260. The summed E-state index contributed by atoms with van der Waals surface area (Å²) in [6.45, 7) is 18.3. The van der Waals surface area contributed by atoms with Crippen LogP contribution in [0.3, 0.4) is 0 Å². The Morgan fingerprint density at radius 1 is 0.889 bits per heavy atom. The van der Waals surface area contributed by atoms with Crippen molar-refractivity contribution in [1.82, 2.24) is 0 Å². The molecule has 0 saturated heterocycles. The Labute approximate surface area is 219 Å². The van der Waals surface area contributed by atoms with Crippen LogP contribution in [0.15, 0.2) is 11.6 Å². The summed E-state index contributed by atoms with van der Waals surface area (Å²) in [4.78, 5) is 24.8. The molecule has 5 aliphatic carbocycles. The largest absolute Gasteiger partial charge is 0.481 e. The van der Waals surface area contributed by atoms with Crippen LogP contribution in [0.5, 0.6) is 0 Å². The van der Waals surface area contributed by atoms with Crippen LogP contribution in [0.2, 0.25) is 0 Å². The summed E-state index contributed by atoms with van der Waals surface area (Å²) in [6, 6.07) is 0. The first kappa shape index (κ1) is 26.3. The van der Waals surface area contributed by atoms with Crippen molar-refractivity contribution in [1.29, 1.82) is 0 Å². The Kier molecular flexibility index (Phi) is 5.74. The highest BCUT2D eigenvalue weighted by molar-refractivity contribution is 5.77. The summed E-state index contributed by atoms with van der Waals surface area (Å²) >= 11 is 0. The number of hydrogen-bond donors (Lipinski definition) is 1. The molecule has 202 valence electrons. The normalized spacial score (nSPS) is 51.5. The molecule has 0 aliphatic heterocycles. The molecule has 4 saturated carbocycles. The van der Waals surface area contributed by atoms with Gasteiger partial charge in [-0.2, -0.15) is 0 Å². The second kappa shape index (κ2) is 7.85. The number of carbonyl (C=O) groups excluding carboxylic acids is 1. The molecular weight excluding hydrogens is 448 g/mol. The molecule has 4 fully saturated rings. The van der Waals surface area contributed by atoms with Gasteiger partial charge in [0.1, 0.15) is 11.5 Å². The van der Waals surface area contributed by atoms with Crippen molar-refractivity contribution in [2.24, 2.45) is 50.2 Å². The first-order valence-electron chi connectivity index (χ1n) is 14.6. The minimum atomic E-state index is -1.04. The number of carboxylic acids is 1. The van der Waals surface area contributed by atoms with E-state index in [1.807, 2.05) is 6.92 Å². The van der Waals surface area contributed by atoms with Gasteiger partial charge in [-0.3, -0.25) is 9.59 Å². The quantitative estimate of drug-likeness (QED) is 0.311. The minimum absolute atomic E-state index is 0.0136. The Balaban J connectivity index is 1.56. The van der Waals surface area contributed by atoms with E-state index in [4.69, 9.17) is 4.74 Å². The zero-order chi connectivity index (χ0) is 26.5. The lowest BCUT2D eigenvalue weighted by atomic mass is 9.33. The van der Waals surface area contributed by atoms with Crippen LogP contribution >= 0.6 is 0 Å². The summed E-state index contributed by atoms with van der Waals surface area (Å²) in [5.41, 5.74) is 1.81. The Hall–Kier alpha value is -1.32. The van der Waals surface area contributed by atoms with Crippen LogP contribution in [-0.2, 0) is 14.3 Å². The van der Waals surface area contributed by atoms with Crippen molar-refractivity contribution in [2.75, 3.05) is 0 Å². The van der Waals surface area contributed by atoms with E-state index in [0.29, 0.717) is 29.1 Å². The molecule has 0 aromatic rings. The molecule has 0 heterocycles. The maximum atomic E-state index is 12.8. The second-order valence-corrected chi connectivity index (χ2v) is 15.6. The summed E-state index contributed by atoms with van der Waals surface area (Å²) in [7, 11) is 0. The zero-order valence-electron chi connectivity index (χ0n) is 24.1. The molecule has 0 aromatic carbocycles. The zero-order valence-corrected chi connectivity index (χ0v) is 24.1. The number of allylic oxidation sites excluding steroid dienone is 2. The Bertz CT molecular complexity index is 996. The molecule has 5 aliphatic rings. The fraction of sp³-hybridized carbons (Fsp3) is 0.875. The number of aliphatic carboxylic acids is 1. The van der Waals surface area contributed by atoms with Crippen molar-refractivity contribution in [3.05, 3.63) is 11.6 Å². The van der Waals surface area contributed by atoms with Crippen LogP contribution in [0, 0.1) is 50.2 Å². The average molecular weight is 499 g/mol. The van der Waals surface area contributed by atoms with E-state index in [9.17, 15) is 14.7 Å². The van der Waals surface area contributed by atoms with Gasteiger partial charge in [-0.1, -0.05) is 53.2 Å². The van der Waals surface area contributed by atoms with E-state index < -0.39 is 17.5 Å². The lowest BCUT2D eigenvalue weighted by molar-refractivity contribution is -0.222. The number of carbonyl (C=O) groups is 2. The molecule has 36 heavy (non-hydrogen) atoms. The number of hydrogen-bond acceptors (Lipinski definition) is 3. The van der Waals surface area contributed by atoms with E-state index >= 15 is 0 Å². The highest BCUT2D eigenvalue weighted by Gasteiger charge is 2.70.